The highest BCUT2D eigenvalue weighted by atomic mass is 16.7. The maximum absolute atomic E-state index is 6.15. The highest BCUT2D eigenvalue weighted by Gasteiger charge is 2.54. The third kappa shape index (κ3) is 3.22. The molecule has 0 bridgehead atoms. The second-order valence-electron chi connectivity index (χ2n) is 11.6. The molecule has 0 aromatic heterocycles. The lowest BCUT2D eigenvalue weighted by Gasteiger charge is -2.53. The minimum absolute atomic E-state index is 0.263. The summed E-state index contributed by atoms with van der Waals surface area (Å²) >= 11 is 0. The zero-order valence-corrected chi connectivity index (χ0v) is 19.7. The molecule has 0 amide bonds. The summed E-state index contributed by atoms with van der Waals surface area (Å²) in [6.45, 7) is 4.18. The van der Waals surface area contributed by atoms with Gasteiger partial charge in [-0.25, -0.2) is 0 Å². The molecule has 168 valence electrons. The quantitative estimate of drug-likeness (QED) is 0.523. The van der Waals surface area contributed by atoms with Crippen LogP contribution in [0.25, 0.3) is 0 Å². The fourth-order valence-electron chi connectivity index (χ4n) is 8.30. The van der Waals surface area contributed by atoms with Crippen molar-refractivity contribution < 1.29 is 9.47 Å². The van der Waals surface area contributed by atoms with Crippen LogP contribution in [0, 0.1) is 23.2 Å². The van der Waals surface area contributed by atoms with Crippen LogP contribution < -0.4 is 4.90 Å². The van der Waals surface area contributed by atoms with Gasteiger partial charge in [0.15, 0.2) is 5.79 Å². The van der Waals surface area contributed by atoms with Gasteiger partial charge in [-0.2, -0.15) is 0 Å². The van der Waals surface area contributed by atoms with Crippen molar-refractivity contribution in [3.8, 4) is 0 Å². The van der Waals surface area contributed by atoms with E-state index in [9.17, 15) is 0 Å². The number of benzene rings is 1. The molecule has 1 aromatic carbocycles. The van der Waals surface area contributed by atoms with E-state index in [1.54, 1.807) is 5.56 Å². The van der Waals surface area contributed by atoms with Gasteiger partial charge in [0.1, 0.15) is 0 Å². The number of anilines is 1. The molecule has 3 saturated carbocycles. The van der Waals surface area contributed by atoms with Crippen LogP contribution in [0.3, 0.4) is 0 Å². The van der Waals surface area contributed by atoms with Crippen LogP contribution in [-0.2, 0) is 9.47 Å². The molecule has 0 radical (unpaired) electrons. The second-order valence-corrected chi connectivity index (χ2v) is 11.6. The lowest BCUT2D eigenvalue weighted by atomic mass is 9.52. The van der Waals surface area contributed by atoms with Gasteiger partial charge in [-0.15, -0.1) is 0 Å². The molecule has 0 N–H and O–H groups in total. The SMILES string of the molecule is CN(C)c1ccc(C2CC3(C)CCCC3C3CCC4CC5(CCC4=C23)OCCO5)cc1. The minimum atomic E-state index is -0.263. The molecule has 5 atom stereocenters. The minimum Gasteiger partial charge on any atom is -0.378 e. The average molecular weight is 422 g/mol. The predicted molar refractivity (Wildman–Crippen MR) is 125 cm³/mol. The molecule has 4 fully saturated rings. The third-order valence-electron chi connectivity index (χ3n) is 9.74. The van der Waals surface area contributed by atoms with Crippen molar-refractivity contribution in [1.82, 2.24) is 0 Å². The Labute approximate surface area is 188 Å². The van der Waals surface area contributed by atoms with E-state index in [1.165, 1.54) is 50.6 Å². The molecule has 1 heterocycles. The summed E-state index contributed by atoms with van der Waals surface area (Å²) in [6.07, 6.45) is 11.7. The maximum Gasteiger partial charge on any atom is 0.169 e. The topological polar surface area (TPSA) is 21.7 Å². The Kier molecular flexibility index (Phi) is 4.81. The van der Waals surface area contributed by atoms with Gasteiger partial charge in [0.2, 0.25) is 0 Å². The van der Waals surface area contributed by atoms with Crippen LogP contribution in [0.5, 0.6) is 0 Å². The van der Waals surface area contributed by atoms with Gasteiger partial charge in [-0.1, -0.05) is 36.6 Å². The number of ether oxygens (including phenoxy) is 2. The van der Waals surface area contributed by atoms with Crippen molar-refractivity contribution in [2.24, 2.45) is 23.2 Å². The van der Waals surface area contributed by atoms with E-state index in [0.29, 0.717) is 17.3 Å². The third-order valence-corrected chi connectivity index (χ3v) is 9.74. The van der Waals surface area contributed by atoms with Gasteiger partial charge in [0.25, 0.3) is 0 Å². The van der Waals surface area contributed by atoms with Crippen molar-refractivity contribution in [2.45, 2.75) is 76.4 Å². The van der Waals surface area contributed by atoms with E-state index in [2.05, 4.69) is 50.2 Å². The number of allylic oxidation sites excluding steroid dienone is 2. The molecule has 4 aliphatic carbocycles. The first kappa shape index (κ1) is 20.3. The number of rotatable bonds is 2. The Bertz CT molecular complexity index is 866. The number of nitrogens with zero attached hydrogens (tertiary/aromatic N) is 1. The molecule has 6 rings (SSSR count). The average Bonchev–Trinajstić information content (AvgIpc) is 3.39. The van der Waals surface area contributed by atoms with Crippen LogP contribution in [-0.4, -0.2) is 33.1 Å². The molecular formula is C28H39NO2. The summed E-state index contributed by atoms with van der Waals surface area (Å²) in [7, 11) is 4.27. The molecule has 1 saturated heterocycles. The first-order valence-corrected chi connectivity index (χ1v) is 12.8. The van der Waals surface area contributed by atoms with Crippen LogP contribution in [0.2, 0.25) is 0 Å². The number of fused-ring (bicyclic) bond motifs is 4. The van der Waals surface area contributed by atoms with Crippen molar-refractivity contribution in [1.29, 1.82) is 0 Å². The zero-order valence-electron chi connectivity index (χ0n) is 19.7. The molecule has 3 nitrogen and oxygen atoms in total. The highest BCUT2D eigenvalue weighted by Crippen LogP contribution is 2.64. The molecule has 3 heteroatoms. The van der Waals surface area contributed by atoms with Crippen LogP contribution in [0.15, 0.2) is 35.4 Å². The smallest absolute Gasteiger partial charge is 0.169 e. The van der Waals surface area contributed by atoms with Gasteiger partial charge in [0.05, 0.1) is 13.2 Å². The number of hydrogen-bond donors (Lipinski definition) is 0. The Morgan fingerprint density at radius 2 is 1.71 bits per heavy atom. The monoisotopic (exact) mass is 421 g/mol. The van der Waals surface area contributed by atoms with E-state index in [-0.39, 0.29) is 5.79 Å². The summed E-state index contributed by atoms with van der Waals surface area (Å²) in [5.41, 5.74) is 7.07. The van der Waals surface area contributed by atoms with Crippen molar-refractivity contribution >= 4 is 5.69 Å². The Morgan fingerprint density at radius 1 is 0.935 bits per heavy atom. The normalized spacial score (nSPS) is 38.7. The van der Waals surface area contributed by atoms with E-state index >= 15 is 0 Å². The van der Waals surface area contributed by atoms with Crippen molar-refractivity contribution in [3.05, 3.63) is 41.0 Å². The Balaban J connectivity index is 1.41. The standard InChI is InChI=1S/C28H39NO2/c1-27-13-4-5-25(27)23-11-8-20-17-28(30-15-16-31-28)14-12-22(20)26(23)24(18-27)19-6-9-21(10-7-19)29(2)3/h6-7,9-10,20,23-25H,4-5,8,11-18H2,1-3H3. The van der Waals surface area contributed by atoms with Gasteiger partial charge in [-0.05, 0) is 79.4 Å². The molecule has 1 aliphatic heterocycles. The van der Waals surface area contributed by atoms with Crippen LogP contribution in [0.1, 0.15) is 76.2 Å². The zero-order chi connectivity index (χ0) is 21.2. The molecule has 5 aliphatic rings. The summed E-state index contributed by atoms with van der Waals surface area (Å²) < 4.78 is 12.3. The summed E-state index contributed by atoms with van der Waals surface area (Å²) in [5, 5.41) is 0. The highest BCUT2D eigenvalue weighted by molar-refractivity contribution is 5.49. The largest absolute Gasteiger partial charge is 0.378 e. The number of hydrogen-bond acceptors (Lipinski definition) is 3. The predicted octanol–water partition coefficient (Wildman–Crippen LogP) is 6.30. The van der Waals surface area contributed by atoms with E-state index in [4.69, 9.17) is 9.47 Å². The molecular weight excluding hydrogens is 382 g/mol. The fourth-order valence-corrected chi connectivity index (χ4v) is 8.30. The molecule has 1 aromatic rings. The van der Waals surface area contributed by atoms with Crippen molar-refractivity contribution in [3.63, 3.8) is 0 Å². The first-order valence-electron chi connectivity index (χ1n) is 12.8. The summed E-state index contributed by atoms with van der Waals surface area (Å²) in [6, 6.07) is 9.52. The van der Waals surface area contributed by atoms with E-state index in [1.807, 2.05) is 11.1 Å². The molecule has 5 unspecified atom stereocenters. The summed E-state index contributed by atoms with van der Waals surface area (Å²) in [4.78, 5) is 2.21. The fraction of sp³-hybridized carbons (Fsp3) is 0.714. The van der Waals surface area contributed by atoms with Gasteiger partial charge < -0.3 is 14.4 Å². The first-order chi connectivity index (χ1) is 15.0. The lowest BCUT2D eigenvalue weighted by molar-refractivity contribution is -0.181. The lowest BCUT2D eigenvalue weighted by Crippen LogP contribution is -2.44. The summed E-state index contributed by atoms with van der Waals surface area (Å²) in [5.74, 6) is 2.74. The molecule has 1 spiro atoms. The van der Waals surface area contributed by atoms with Gasteiger partial charge in [0, 0.05) is 38.5 Å². The molecule has 31 heavy (non-hydrogen) atoms. The van der Waals surface area contributed by atoms with E-state index in [0.717, 1.165) is 37.9 Å². The van der Waals surface area contributed by atoms with E-state index < -0.39 is 0 Å². The van der Waals surface area contributed by atoms with Gasteiger partial charge in [-0.3, -0.25) is 0 Å². The maximum atomic E-state index is 6.15. The van der Waals surface area contributed by atoms with Crippen LogP contribution in [0.4, 0.5) is 5.69 Å². The van der Waals surface area contributed by atoms with Gasteiger partial charge >= 0.3 is 0 Å². The Hall–Kier alpha value is -1.32. The van der Waals surface area contributed by atoms with Crippen LogP contribution >= 0.6 is 0 Å². The van der Waals surface area contributed by atoms with Crippen molar-refractivity contribution in [2.75, 3.05) is 32.2 Å². The second kappa shape index (κ2) is 7.35. The Morgan fingerprint density at radius 3 is 2.45 bits per heavy atom.